The van der Waals surface area contributed by atoms with Gasteiger partial charge in [0, 0.05) is 5.69 Å². The molecule has 2 aromatic carbocycles. The van der Waals surface area contributed by atoms with Gasteiger partial charge in [-0.05, 0) is 61.4 Å². The SMILES string of the molecule is COc1ccc(NC(=O)CSc2nnc(COc3cc(C)cc(C)c3)o2)cc1. The molecular weight excluding hydrogens is 378 g/mol. The van der Waals surface area contributed by atoms with Crippen molar-refractivity contribution in [1.29, 1.82) is 0 Å². The number of nitrogens with one attached hydrogen (secondary N) is 1. The van der Waals surface area contributed by atoms with Gasteiger partial charge in [-0.25, -0.2) is 0 Å². The third-order valence-corrected chi connectivity index (χ3v) is 4.52. The fourth-order valence-corrected chi connectivity index (χ4v) is 3.10. The van der Waals surface area contributed by atoms with Gasteiger partial charge in [0.25, 0.3) is 11.1 Å². The average Bonchev–Trinajstić information content (AvgIpc) is 3.13. The summed E-state index contributed by atoms with van der Waals surface area (Å²) in [5.74, 6) is 1.84. The number of aryl methyl sites for hydroxylation is 2. The molecule has 1 N–H and O–H groups in total. The lowest BCUT2D eigenvalue weighted by Gasteiger charge is -2.06. The number of thioether (sulfide) groups is 1. The van der Waals surface area contributed by atoms with E-state index in [-0.39, 0.29) is 18.3 Å². The first-order valence-electron chi connectivity index (χ1n) is 8.62. The minimum atomic E-state index is -0.165. The summed E-state index contributed by atoms with van der Waals surface area (Å²) in [5.41, 5.74) is 2.94. The number of anilines is 1. The molecule has 0 spiro atoms. The fourth-order valence-electron chi connectivity index (χ4n) is 2.51. The maximum atomic E-state index is 12.0. The van der Waals surface area contributed by atoms with E-state index in [0.29, 0.717) is 16.8 Å². The van der Waals surface area contributed by atoms with Gasteiger partial charge in [-0.3, -0.25) is 4.79 Å². The Bertz CT molecular complexity index is 921. The number of nitrogens with zero attached hydrogens (tertiary/aromatic N) is 2. The molecule has 0 aliphatic rings. The summed E-state index contributed by atoms with van der Waals surface area (Å²) in [5, 5.41) is 11.0. The fraction of sp³-hybridized carbons (Fsp3) is 0.250. The number of aromatic nitrogens is 2. The number of hydrogen-bond acceptors (Lipinski definition) is 7. The number of rotatable bonds is 8. The standard InChI is InChI=1S/C20H21N3O4S/c1-13-8-14(2)10-17(9-13)26-11-19-22-23-20(27-19)28-12-18(24)21-15-4-6-16(25-3)7-5-15/h4-10H,11-12H2,1-3H3,(H,21,24). The van der Waals surface area contributed by atoms with Crippen LogP contribution < -0.4 is 14.8 Å². The van der Waals surface area contributed by atoms with E-state index in [9.17, 15) is 4.79 Å². The van der Waals surface area contributed by atoms with Gasteiger partial charge < -0.3 is 19.2 Å². The topological polar surface area (TPSA) is 86.5 Å². The van der Waals surface area contributed by atoms with Crippen LogP contribution in [-0.4, -0.2) is 29.0 Å². The smallest absolute Gasteiger partial charge is 0.277 e. The van der Waals surface area contributed by atoms with Crippen molar-refractivity contribution in [3.05, 3.63) is 59.5 Å². The predicted octanol–water partition coefficient (Wildman–Crippen LogP) is 4.00. The molecule has 0 unspecified atom stereocenters. The quantitative estimate of drug-likeness (QED) is 0.573. The van der Waals surface area contributed by atoms with E-state index in [1.54, 1.807) is 31.4 Å². The Morgan fingerprint density at radius 2 is 1.79 bits per heavy atom. The van der Waals surface area contributed by atoms with E-state index in [1.165, 1.54) is 11.8 Å². The van der Waals surface area contributed by atoms with Crippen molar-refractivity contribution >= 4 is 23.4 Å². The lowest BCUT2D eigenvalue weighted by Crippen LogP contribution is -2.13. The molecule has 0 bridgehead atoms. The summed E-state index contributed by atoms with van der Waals surface area (Å²) in [4.78, 5) is 12.0. The second-order valence-corrected chi connectivity index (χ2v) is 7.07. The van der Waals surface area contributed by atoms with E-state index in [1.807, 2.05) is 26.0 Å². The third-order valence-electron chi connectivity index (χ3n) is 3.71. The van der Waals surface area contributed by atoms with Crippen molar-refractivity contribution in [2.24, 2.45) is 0 Å². The highest BCUT2D eigenvalue weighted by atomic mass is 32.2. The normalized spacial score (nSPS) is 10.5. The Labute approximate surface area is 167 Å². The molecule has 3 rings (SSSR count). The highest BCUT2D eigenvalue weighted by Crippen LogP contribution is 2.20. The number of amides is 1. The zero-order chi connectivity index (χ0) is 19.9. The number of carbonyl (C=O) groups is 1. The Balaban J connectivity index is 1.46. The number of carbonyl (C=O) groups excluding carboxylic acids is 1. The molecule has 0 saturated heterocycles. The Hall–Kier alpha value is -3.00. The molecule has 146 valence electrons. The molecule has 7 nitrogen and oxygen atoms in total. The lowest BCUT2D eigenvalue weighted by molar-refractivity contribution is -0.113. The molecule has 28 heavy (non-hydrogen) atoms. The average molecular weight is 399 g/mol. The maximum absolute atomic E-state index is 12.0. The minimum absolute atomic E-state index is 0.158. The number of ether oxygens (including phenoxy) is 2. The van der Waals surface area contributed by atoms with Crippen molar-refractivity contribution in [2.75, 3.05) is 18.2 Å². The first-order chi connectivity index (χ1) is 13.5. The number of methoxy groups -OCH3 is 1. The summed E-state index contributed by atoms with van der Waals surface area (Å²) in [6, 6.07) is 13.1. The first-order valence-corrected chi connectivity index (χ1v) is 9.60. The molecule has 0 fully saturated rings. The molecule has 1 amide bonds. The molecular formula is C20H21N3O4S. The maximum Gasteiger partial charge on any atom is 0.277 e. The summed E-state index contributed by atoms with van der Waals surface area (Å²) in [6.07, 6.45) is 0. The molecule has 3 aromatic rings. The van der Waals surface area contributed by atoms with Crippen molar-refractivity contribution in [2.45, 2.75) is 25.7 Å². The van der Waals surface area contributed by atoms with Gasteiger partial charge in [-0.2, -0.15) is 0 Å². The van der Waals surface area contributed by atoms with E-state index in [2.05, 4.69) is 21.6 Å². The van der Waals surface area contributed by atoms with Crippen LogP contribution in [0, 0.1) is 13.8 Å². The van der Waals surface area contributed by atoms with Gasteiger partial charge in [0.1, 0.15) is 11.5 Å². The van der Waals surface area contributed by atoms with Crippen molar-refractivity contribution < 1.29 is 18.7 Å². The minimum Gasteiger partial charge on any atom is -0.497 e. The van der Waals surface area contributed by atoms with Crippen LogP contribution >= 0.6 is 11.8 Å². The zero-order valence-electron chi connectivity index (χ0n) is 15.9. The Morgan fingerprint density at radius 3 is 2.46 bits per heavy atom. The van der Waals surface area contributed by atoms with Gasteiger partial charge in [0.2, 0.25) is 5.91 Å². The lowest BCUT2D eigenvalue weighted by atomic mass is 10.1. The van der Waals surface area contributed by atoms with Gasteiger partial charge in [-0.15, -0.1) is 10.2 Å². The van der Waals surface area contributed by atoms with Crippen LogP contribution in [0.4, 0.5) is 5.69 Å². The van der Waals surface area contributed by atoms with Crippen molar-refractivity contribution in [3.8, 4) is 11.5 Å². The summed E-state index contributed by atoms with van der Waals surface area (Å²) >= 11 is 1.17. The molecule has 1 heterocycles. The van der Waals surface area contributed by atoms with Gasteiger partial charge in [0.15, 0.2) is 6.61 Å². The van der Waals surface area contributed by atoms with Crippen molar-refractivity contribution in [1.82, 2.24) is 10.2 Å². The van der Waals surface area contributed by atoms with Crippen LogP contribution in [0.2, 0.25) is 0 Å². The van der Waals surface area contributed by atoms with E-state index < -0.39 is 0 Å². The van der Waals surface area contributed by atoms with Crippen LogP contribution in [0.15, 0.2) is 52.1 Å². The van der Waals surface area contributed by atoms with Crippen LogP contribution in [0.1, 0.15) is 17.0 Å². The molecule has 1 aromatic heterocycles. The van der Waals surface area contributed by atoms with Crippen LogP contribution in [-0.2, 0) is 11.4 Å². The third kappa shape index (κ3) is 5.75. The van der Waals surface area contributed by atoms with Crippen molar-refractivity contribution in [3.63, 3.8) is 0 Å². The first kappa shape index (κ1) is 19.8. The predicted molar refractivity (Wildman–Crippen MR) is 107 cm³/mol. The van der Waals surface area contributed by atoms with E-state index in [0.717, 1.165) is 22.6 Å². The molecule has 8 heteroatoms. The second kappa shape index (κ2) is 9.27. The van der Waals surface area contributed by atoms with Gasteiger partial charge in [-0.1, -0.05) is 17.8 Å². The zero-order valence-corrected chi connectivity index (χ0v) is 16.7. The molecule has 0 aliphatic carbocycles. The van der Waals surface area contributed by atoms with E-state index >= 15 is 0 Å². The number of benzene rings is 2. The monoisotopic (exact) mass is 399 g/mol. The summed E-state index contributed by atoms with van der Waals surface area (Å²) < 4.78 is 16.3. The van der Waals surface area contributed by atoms with E-state index in [4.69, 9.17) is 13.9 Å². The highest BCUT2D eigenvalue weighted by molar-refractivity contribution is 7.99. The molecule has 0 aliphatic heterocycles. The van der Waals surface area contributed by atoms with Gasteiger partial charge >= 0.3 is 0 Å². The Kier molecular flexibility index (Phi) is 6.54. The molecule has 0 atom stereocenters. The highest BCUT2D eigenvalue weighted by Gasteiger charge is 2.11. The molecule has 0 saturated carbocycles. The summed E-state index contributed by atoms with van der Waals surface area (Å²) in [6.45, 7) is 4.20. The van der Waals surface area contributed by atoms with Crippen LogP contribution in [0.5, 0.6) is 11.5 Å². The Morgan fingerprint density at radius 1 is 1.07 bits per heavy atom. The number of hydrogen-bond donors (Lipinski definition) is 1. The summed E-state index contributed by atoms with van der Waals surface area (Å²) in [7, 11) is 1.59. The van der Waals surface area contributed by atoms with Crippen LogP contribution in [0.25, 0.3) is 0 Å². The second-order valence-electron chi connectivity index (χ2n) is 6.14. The van der Waals surface area contributed by atoms with Crippen LogP contribution in [0.3, 0.4) is 0 Å². The molecule has 0 radical (unpaired) electrons. The largest absolute Gasteiger partial charge is 0.497 e. The van der Waals surface area contributed by atoms with Gasteiger partial charge in [0.05, 0.1) is 12.9 Å².